The van der Waals surface area contributed by atoms with Gasteiger partial charge in [-0.1, -0.05) is 18.2 Å². The highest BCUT2D eigenvalue weighted by Gasteiger charge is 2.21. The monoisotopic (exact) mass is 289 g/mol. The molecule has 4 rings (SSSR count). The van der Waals surface area contributed by atoms with Crippen LogP contribution in [0.2, 0.25) is 0 Å². The molecule has 7 nitrogen and oxygen atoms in total. The average molecular weight is 289 g/mol. The van der Waals surface area contributed by atoms with Gasteiger partial charge >= 0.3 is 12.1 Å². The first kappa shape index (κ1) is 12.4. The molecule has 104 valence electrons. The van der Waals surface area contributed by atoms with Crippen molar-refractivity contribution in [3.05, 3.63) is 41.6 Å². The van der Waals surface area contributed by atoms with Crippen LogP contribution in [0.15, 0.2) is 50.3 Å². The normalized spacial score (nSPS) is 16.5. The van der Waals surface area contributed by atoms with Gasteiger partial charge in [0.15, 0.2) is 0 Å². The first-order chi connectivity index (χ1) is 10.7. The molecule has 3 heterocycles. The minimum Gasteiger partial charge on any atom is -0.245 e. The van der Waals surface area contributed by atoms with Crippen molar-refractivity contribution in [3.8, 4) is 0 Å². The number of carbonyl (C=O) groups is 2. The highest BCUT2D eigenvalue weighted by atomic mass is 16.2. The molecule has 0 atom stereocenters. The van der Waals surface area contributed by atoms with Crippen molar-refractivity contribution < 1.29 is 9.59 Å². The number of hydrogen-bond donors (Lipinski definition) is 0. The second kappa shape index (κ2) is 4.59. The van der Waals surface area contributed by atoms with Crippen molar-refractivity contribution in [2.24, 2.45) is 20.0 Å². The van der Waals surface area contributed by atoms with Crippen molar-refractivity contribution in [1.29, 1.82) is 0 Å². The van der Waals surface area contributed by atoms with E-state index in [0.717, 1.165) is 10.9 Å². The lowest BCUT2D eigenvalue weighted by Crippen LogP contribution is -2.13. The van der Waals surface area contributed by atoms with E-state index in [1.165, 1.54) is 12.4 Å². The fourth-order valence-electron chi connectivity index (χ4n) is 2.30. The number of benzene rings is 1. The molecule has 0 radical (unpaired) electrons. The van der Waals surface area contributed by atoms with E-state index < -0.39 is 12.1 Å². The summed E-state index contributed by atoms with van der Waals surface area (Å²) in [5, 5.41) is 0.888. The number of amides is 4. The lowest BCUT2D eigenvalue weighted by atomic mass is 10.0. The Morgan fingerprint density at radius 2 is 1.50 bits per heavy atom. The molecular weight excluding hydrogens is 282 g/mol. The number of pyridine rings is 1. The van der Waals surface area contributed by atoms with Crippen LogP contribution < -0.4 is 0 Å². The molecule has 22 heavy (non-hydrogen) atoms. The fraction of sp³-hybridized carbons (Fsp3) is 0. The molecule has 0 bridgehead atoms. The maximum absolute atomic E-state index is 11.3. The topological polar surface area (TPSA) is 96.5 Å². The smallest absolute Gasteiger partial charge is 0.245 e. The summed E-state index contributed by atoms with van der Waals surface area (Å²) in [6.45, 7) is 0. The molecule has 0 N–H and O–H groups in total. The molecule has 2 aliphatic heterocycles. The summed E-state index contributed by atoms with van der Waals surface area (Å²) >= 11 is 0. The van der Waals surface area contributed by atoms with Gasteiger partial charge in [0, 0.05) is 10.9 Å². The molecule has 0 spiro atoms. The van der Waals surface area contributed by atoms with E-state index in [-0.39, 0.29) is 0 Å². The molecule has 0 saturated heterocycles. The van der Waals surface area contributed by atoms with Crippen molar-refractivity contribution in [3.63, 3.8) is 0 Å². The minimum atomic E-state index is -0.575. The minimum absolute atomic E-state index is 0.348. The van der Waals surface area contributed by atoms with Gasteiger partial charge in [0.05, 0.1) is 23.7 Å². The van der Waals surface area contributed by atoms with Crippen LogP contribution >= 0.6 is 0 Å². The highest BCUT2D eigenvalue weighted by Crippen LogP contribution is 2.20. The van der Waals surface area contributed by atoms with Crippen LogP contribution in [-0.2, 0) is 0 Å². The largest absolute Gasteiger partial charge is 0.367 e. The Kier molecular flexibility index (Phi) is 2.59. The molecule has 1 aromatic carbocycles. The molecule has 1 aromatic heterocycles. The van der Waals surface area contributed by atoms with Gasteiger partial charge in [-0.3, -0.25) is 0 Å². The van der Waals surface area contributed by atoms with Crippen molar-refractivity contribution in [2.45, 2.75) is 0 Å². The summed E-state index contributed by atoms with van der Waals surface area (Å²) in [6, 6.07) is 8.22. The molecule has 4 amide bonds. The van der Waals surface area contributed by atoms with Crippen LogP contribution in [-0.4, -0.2) is 40.9 Å². The first-order valence-electron chi connectivity index (χ1n) is 6.45. The van der Waals surface area contributed by atoms with E-state index in [9.17, 15) is 9.59 Å². The zero-order valence-corrected chi connectivity index (χ0v) is 11.1. The van der Waals surface area contributed by atoms with Crippen molar-refractivity contribution in [2.75, 3.05) is 0 Å². The zero-order chi connectivity index (χ0) is 15.1. The fourth-order valence-corrected chi connectivity index (χ4v) is 2.30. The van der Waals surface area contributed by atoms with Crippen LogP contribution in [0.3, 0.4) is 0 Å². The summed E-state index contributed by atoms with van der Waals surface area (Å²) in [5.41, 5.74) is 2.54. The third kappa shape index (κ3) is 1.96. The summed E-state index contributed by atoms with van der Waals surface area (Å²) in [7, 11) is 0. The zero-order valence-electron chi connectivity index (χ0n) is 11.1. The van der Waals surface area contributed by atoms with Gasteiger partial charge in [-0.2, -0.15) is 20.0 Å². The third-order valence-electron chi connectivity index (χ3n) is 3.27. The van der Waals surface area contributed by atoms with Gasteiger partial charge < -0.3 is 0 Å². The molecule has 2 aliphatic rings. The summed E-state index contributed by atoms with van der Waals surface area (Å²) in [5.74, 6) is 0. The maximum Gasteiger partial charge on any atom is 0.367 e. The molecule has 0 unspecified atom stereocenters. The standard InChI is InChI=1S/C15H7N5O2/c21-14-16-6-11(19-14)9-5-8-3-1-2-4-10(8)18-13(9)12-7-17-15(22)20-12/h1-7H. The summed E-state index contributed by atoms with van der Waals surface area (Å²) in [4.78, 5) is 41.9. The SMILES string of the molecule is O=C1N=CC(c2cc3ccccc3nc2C2=NC(=O)N=C2)=N1. The number of urea groups is 2. The van der Waals surface area contributed by atoms with Gasteiger partial charge in [0.1, 0.15) is 11.4 Å². The number of rotatable bonds is 2. The second-order valence-corrected chi connectivity index (χ2v) is 4.65. The molecule has 0 fully saturated rings. The number of hydrogen-bond acceptors (Lipinski definition) is 3. The average Bonchev–Trinajstić information content (AvgIpc) is 3.14. The lowest BCUT2D eigenvalue weighted by Gasteiger charge is -2.07. The quantitative estimate of drug-likeness (QED) is 0.847. The number of aromatic nitrogens is 1. The van der Waals surface area contributed by atoms with Gasteiger partial charge in [0.2, 0.25) is 0 Å². The van der Waals surface area contributed by atoms with Crippen LogP contribution in [0, 0.1) is 0 Å². The molecule has 2 aromatic rings. The van der Waals surface area contributed by atoms with Crippen molar-refractivity contribution in [1.82, 2.24) is 4.98 Å². The molecule has 0 aliphatic carbocycles. The maximum atomic E-state index is 11.3. The first-order valence-corrected chi connectivity index (χ1v) is 6.45. The number of carbonyl (C=O) groups excluding carboxylic acids is 2. The van der Waals surface area contributed by atoms with Crippen LogP contribution in [0.5, 0.6) is 0 Å². The Morgan fingerprint density at radius 3 is 2.18 bits per heavy atom. The van der Waals surface area contributed by atoms with E-state index in [4.69, 9.17) is 0 Å². The van der Waals surface area contributed by atoms with E-state index >= 15 is 0 Å². The Morgan fingerprint density at radius 1 is 0.818 bits per heavy atom. The Balaban J connectivity index is 2.00. The number of para-hydroxylation sites is 1. The predicted molar refractivity (Wildman–Crippen MR) is 82.6 cm³/mol. The molecule has 0 saturated carbocycles. The van der Waals surface area contributed by atoms with Gasteiger partial charge in [-0.15, -0.1) is 0 Å². The van der Waals surface area contributed by atoms with Gasteiger partial charge in [-0.25, -0.2) is 14.6 Å². The predicted octanol–water partition coefficient (Wildman–Crippen LogP) is 2.22. The van der Waals surface area contributed by atoms with Crippen LogP contribution in [0.4, 0.5) is 9.59 Å². The summed E-state index contributed by atoms with van der Waals surface area (Å²) < 4.78 is 0. The van der Waals surface area contributed by atoms with E-state index in [1.54, 1.807) is 0 Å². The molecular formula is C15H7N5O2. The van der Waals surface area contributed by atoms with Crippen LogP contribution in [0.25, 0.3) is 10.9 Å². The number of aliphatic imine (C=N–C) groups is 4. The Labute approximate surface area is 123 Å². The molecule has 7 heteroatoms. The number of nitrogens with zero attached hydrogens (tertiary/aromatic N) is 5. The summed E-state index contributed by atoms with van der Waals surface area (Å²) in [6.07, 6.45) is 2.74. The van der Waals surface area contributed by atoms with E-state index in [1.807, 2.05) is 30.3 Å². The number of fused-ring (bicyclic) bond motifs is 1. The second-order valence-electron chi connectivity index (χ2n) is 4.65. The van der Waals surface area contributed by atoms with Crippen molar-refractivity contribution >= 4 is 46.8 Å². The van der Waals surface area contributed by atoms with E-state index in [0.29, 0.717) is 22.7 Å². The third-order valence-corrected chi connectivity index (χ3v) is 3.27. The highest BCUT2D eigenvalue weighted by molar-refractivity contribution is 6.50. The Bertz CT molecular complexity index is 891. The lowest BCUT2D eigenvalue weighted by molar-refractivity contribution is 0.256. The van der Waals surface area contributed by atoms with Gasteiger partial charge in [-0.05, 0) is 12.1 Å². The van der Waals surface area contributed by atoms with E-state index in [2.05, 4.69) is 25.0 Å². The van der Waals surface area contributed by atoms with Crippen LogP contribution in [0.1, 0.15) is 11.3 Å². The van der Waals surface area contributed by atoms with Gasteiger partial charge in [0.25, 0.3) is 0 Å². The Hall–Kier alpha value is -3.35.